The van der Waals surface area contributed by atoms with Gasteiger partial charge >= 0.3 is 12.2 Å². The van der Waals surface area contributed by atoms with E-state index >= 15 is 0 Å². The topological polar surface area (TPSA) is 59.4 Å². The molecule has 1 fully saturated rings. The summed E-state index contributed by atoms with van der Waals surface area (Å²) in [4.78, 5) is 18.4. The van der Waals surface area contributed by atoms with Crippen LogP contribution in [0, 0.1) is 0 Å². The van der Waals surface area contributed by atoms with Crippen molar-refractivity contribution >= 4 is 22.8 Å². The fourth-order valence-corrected chi connectivity index (χ4v) is 3.72. The Labute approximate surface area is 171 Å². The lowest BCUT2D eigenvalue weighted by atomic mass is 10.0. The van der Waals surface area contributed by atoms with Gasteiger partial charge < -0.3 is 19.5 Å². The van der Waals surface area contributed by atoms with E-state index in [1.54, 1.807) is 42.6 Å². The number of likely N-dealkylation sites (tertiary alicyclic amines) is 1. The van der Waals surface area contributed by atoms with Gasteiger partial charge in [0.1, 0.15) is 5.75 Å². The number of carbonyl (C=O) groups excluding carboxylic acids is 1. The van der Waals surface area contributed by atoms with E-state index in [0.29, 0.717) is 48.4 Å². The SMILES string of the molecule is COc1ccc(NC(=O)N2CCC(n3cnc4cc(C(F)(F)F)ccc43)CC2)cc1. The largest absolute Gasteiger partial charge is 0.497 e. The maximum absolute atomic E-state index is 12.9. The fraction of sp³-hybridized carbons (Fsp3) is 0.333. The highest BCUT2D eigenvalue weighted by Gasteiger charge is 2.31. The second kappa shape index (κ2) is 7.89. The maximum atomic E-state index is 12.9. The Morgan fingerprint density at radius 3 is 2.47 bits per heavy atom. The molecule has 1 aromatic heterocycles. The molecule has 0 spiro atoms. The molecule has 0 saturated carbocycles. The van der Waals surface area contributed by atoms with E-state index < -0.39 is 11.7 Å². The van der Waals surface area contributed by atoms with Crippen LogP contribution in [0.2, 0.25) is 0 Å². The summed E-state index contributed by atoms with van der Waals surface area (Å²) in [6.45, 7) is 1.10. The second-order valence-corrected chi connectivity index (χ2v) is 7.23. The van der Waals surface area contributed by atoms with Gasteiger partial charge in [-0.1, -0.05) is 0 Å². The molecule has 1 aliphatic rings. The van der Waals surface area contributed by atoms with Crippen molar-refractivity contribution < 1.29 is 22.7 Å². The Bertz CT molecular complexity index is 1040. The van der Waals surface area contributed by atoms with Crippen LogP contribution in [-0.2, 0) is 6.18 Å². The van der Waals surface area contributed by atoms with Crippen molar-refractivity contribution in [3.05, 3.63) is 54.4 Å². The molecule has 30 heavy (non-hydrogen) atoms. The molecule has 0 radical (unpaired) electrons. The first-order valence-electron chi connectivity index (χ1n) is 9.59. The lowest BCUT2D eigenvalue weighted by molar-refractivity contribution is -0.137. The van der Waals surface area contributed by atoms with Gasteiger partial charge in [0.2, 0.25) is 0 Å². The van der Waals surface area contributed by atoms with Gasteiger partial charge in [-0.3, -0.25) is 0 Å². The first-order valence-corrected chi connectivity index (χ1v) is 9.59. The number of fused-ring (bicyclic) bond motifs is 1. The van der Waals surface area contributed by atoms with Crippen LogP contribution in [0.5, 0.6) is 5.75 Å². The van der Waals surface area contributed by atoms with Gasteiger partial charge in [0.05, 0.1) is 30.0 Å². The van der Waals surface area contributed by atoms with E-state index in [2.05, 4.69) is 10.3 Å². The number of halogens is 3. The number of methoxy groups -OCH3 is 1. The minimum Gasteiger partial charge on any atom is -0.497 e. The molecular formula is C21H21F3N4O2. The zero-order valence-corrected chi connectivity index (χ0v) is 16.3. The highest BCUT2D eigenvalue weighted by Crippen LogP contribution is 2.33. The van der Waals surface area contributed by atoms with Crippen molar-refractivity contribution in [2.75, 3.05) is 25.5 Å². The van der Waals surface area contributed by atoms with Crippen LogP contribution in [0.3, 0.4) is 0 Å². The molecule has 0 atom stereocenters. The van der Waals surface area contributed by atoms with Crippen LogP contribution in [0.4, 0.5) is 23.7 Å². The van der Waals surface area contributed by atoms with Crippen molar-refractivity contribution in [3.63, 3.8) is 0 Å². The van der Waals surface area contributed by atoms with Gasteiger partial charge in [-0.15, -0.1) is 0 Å². The summed E-state index contributed by atoms with van der Waals surface area (Å²) in [5.74, 6) is 0.712. The van der Waals surface area contributed by atoms with Crippen molar-refractivity contribution in [2.45, 2.75) is 25.1 Å². The summed E-state index contributed by atoms with van der Waals surface area (Å²) < 4.78 is 45.7. The van der Waals surface area contributed by atoms with Crippen molar-refractivity contribution in [2.24, 2.45) is 0 Å². The zero-order chi connectivity index (χ0) is 21.3. The summed E-state index contributed by atoms with van der Waals surface area (Å²) >= 11 is 0. The molecule has 2 amide bonds. The summed E-state index contributed by atoms with van der Waals surface area (Å²) in [5.41, 5.74) is 0.975. The van der Waals surface area contributed by atoms with E-state index in [9.17, 15) is 18.0 Å². The Morgan fingerprint density at radius 1 is 1.13 bits per heavy atom. The number of rotatable bonds is 3. The number of aromatic nitrogens is 2. The molecule has 0 bridgehead atoms. The summed E-state index contributed by atoms with van der Waals surface area (Å²) in [6, 6.07) is 10.6. The molecule has 1 N–H and O–H groups in total. The number of nitrogens with one attached hydrogen (secondary N) is 1. The summed E-state index contributed by atoms with van der Waals surface area (Å²) in [7, 11) is 1.58. The summed E-state index contributed by atoms with van der Waals surface area (Å²) in [6.07, 6.45) is -1.41. The van der Waals surface area contributed by atoms with Crippen molar-refractivity contribution in [1.29, 1.82) is 0 Å². The van der Waals surface area contributed by atoms with Gasteiger partial charge in [0.15, 0.2) is 0 Å². The van der Waals surface area contributed by atoms with Crippen LogP contribution < -0.4 is 10.1 Å². The van der Waals surface area contributed by atoms with Gasteiger partial charge in [0.25, 0.3) is 0 Å². The van der Waals surface area contributed by atoms with E-state index in [4.69, 9.17) is 4.74 Å². The summed E-state index contributed by atoms with van der Waals surface area (Å²) in [5, 5.41) is 2.87. The highest BCUT2D eigenvalue weighted by atomic mass is 19.4. The molecule has 6 nitrogen and oxygen atoms in total. The molecule has 3 aromatic rings. The predicted octanol–water partition coefficient (Wildman–Crippen LogP) is 4.93. The van der Waals surface area contributed by atoms with E-state index in [-0.39, 0.29) is 12.1 Å². The van der Waals surface area contributed by atoms with Crippen molar-refractivity contribution in [3.8, 4) is 5.75 Å². The molecule has 2 heterocycles. The first kappa shape index (κ1) is 20.1. The minimum absolute atomic E-state index is 0.0803. The number of alkyl halides is 3. The second-order valence-electron chi connectivity index (χ2n) is 7.23. The third kappa shape index (κ3) is 4.05. The highest BCUT2D eigenvalue weighted by molar-refractivity contribution is 5.89. The quantitative estimate of drug-likeness (QED) is 0.656. The van der Waals surface area contributed by atoms with Gasteiger partial charge in [-0.25, -0.2) is 9.78 Å². The maximum Gasteiger partial charge on any atom is 0.416 e. The smallest absolute Gasteiger partial charge is 0.416 e. The third-order valence-corrected chi connectivity index (χ3v) is 5.39. The van der Waals surface area contributed by atoms with E-state index in [1.165, 1.54) is 6.07 Å². The number of urea groups is 1. The number of amides is 2. The first-order chi connectivity index (χ1) is 14.3. The molecule has 4 rings (SSSR count). The van der Waals surface area contributed by atoms with Crippen LogP contribution >= 0.6 is 0 Å². The monoisotopic (exact) mass is 418 g/mol. The Kier molecular flexibility index (Phi) is 5.27. The molecule has 1 aliphatic heterocycles. The average Bonchev–Trinajstić information content (AvgIpc) is 3.17. The molecule has 158 valence electrons. The number of nitrogens with zero attached hydrogens (tertiary/aromatic N) is 3. The van der Waals surface area contributed by atoms with Crippen LogP contribution in [0.25, 0.3) is 11.0 Å². The van der Waals surface area contributed by atoms with Crippen LogP contribution in [0.15, 0.2) is 48.8 Å². The zero-order valence-electron chi connectivity index (χ0n) is 16.3. The molecule has 1 saturated heterocycles. The predicted molar refractivity (Wildman–Crippen MR) is 107 cm³/mol. The van der Waals surface area contributed by atoms with Gasteiger partial charge in [-0.2, -0.15) is 13.2 Å². The molecule has 9 heteroatoms. The number of hydrogen-bond donors (Lipinski definition) is 1. The fourth-order valence-electron chi connectivity index (χ4n) is 3.72. The molecule has 2 aromatic carbocycles. The number of hydrogen-bond acceptors (Lipinski definition) is 3. The Balaban J connectivity index is 1.40. The lowest BCUT2D eigenvalue weighted by Crippen LogP contribution is -2.41. The number of imidazole rings is 1. The minimum atomic E-state index is -4.39. The van der Waals surface area contributed by atoms with E-state index in [0.717, 1.165) is 12.1 Å². The number of benzene rings is 2. The van der Waals surface area contributed by atoms with Gasteiger partial charge in [-0.05, 0) is 55.3 Å². The third-order valence-electron chi connectivity index (χ3n) is 5.39. The standard InChI is InChI=1S/C21H21F3N4O2/c1-30-17-5-3-15(4-6-17)26-20(29)27-10-8-16(9-11-27)28-13-25-18-12-14(21(22,23)24)2-7-19(18)28/h2-7,12-13,16H,8-11H2,1H3,(H,26,29). The Morgan fingerprint density at radius 2 is 1.83 bits per heavy atom. The molecule has 0 unspecified atom stereocenters. The number of piperidine rings is 1. The average molecular weight is 418 g/mol. The Hall–Kier alpha value is -3.23. The van der Waals surface area contributed by atoms with Gasteiger partial charge in [0, 0.05) is 24.8 Å². The lowest BCUT2D eigenvalue weighted by Gasteiger charge is -2.33. The number of carbonyl (C=O) groups is 1. The number of anilines is 1. The molecule has 0 aliphatic carbocycles. The van der Waals surface area contributed by atoms with Crippen molar-refractivity contribution in [1.82, 2.24) is 14.5 Å². The molecular weight excluding hydrogens is 397 g/mol. The van der Waals surface area contributed by atoms with Crippen LogP contribution in [-0.4, -0.2) is 40.7 Å². The normalized spacial score (nSPS) is 15.4. The number of ether oxygens (including phenoxy) is 1. The van der Waals surface area contributed by atoms with Crippen LogP contribution in [0.1, 0.15) is 24.4 Å². The van der Waals surface area contributed by atoms with E-state index in [1.807, 2.05) is 4.57 Å².